The molecule has 0 aliphatic heterocycles. The number of rotatable bonds is 2. The Morgan fingerprint density at radius 1 is 1.05 bits per heavy atom. The highest BCUT2D eigenvalue weighted by atomic mass is 16.3. The predicted molar refractivity (Wildman–Crippen MR) is 80.5 cm³/mol. The van der Waals surface area contributed by atoms with Crippen LogP contribution < -0.4 is 0 Å². The summed E-state index contributed by atoms with van der Waals surface area (Å²) in [5.41, 5.74) is 3.58. The molecule has 3 heteroatoms. The Kier molecular flexibility index (Phi) is 3.88. The van der Waals surface area contributed by atoms with Crippen molar-refractivity contribution < 1.29 is 5.11 Å². The Bertz CT molecular complexity index is 559. The summed E-state index contributed by atoms with van der Waals surface area (Å²) in [7, 11) is 0. The van der Waals surface area contributed by atoms with Crippen LogP contribution in [0.15, 0.2) is 36.7 Å². The quantitative estimate of drug-likeness (QED) is 0.844. The maximum absolute atomic E-state index is 10.3. The van der Waals surface area contributed by atoms with Gasteiger partial charge in [0.2, 0.25) is 0 Å². The van der Waals surface area contributed by atoms with Crippen LogP contribution >= 0.6 is 0 Å². The molecule has 1 aliphatic rings. The van der Waals surface area contributed by atoms with Crippen LogP contribution in [0, 0.1) is 6.92 Å². The van der Waals surface area contributed by atoms with E-state index in [9.17, 15) is 5.11 Å². The van der Waals surface area contributed by atoms with Gasteiger partial charge in [-0.15, -0.1) is 0 Å². The third-order valence-corrected chi connectivity index (χ3v) is 4.27. The molecule has 1 fully saturated rings. The van der Waals surface area contributed by atoms with Gasteiger partial charge in [0.1, 0.15) is 0 Å². The smallest absolute Gasteiger partial charge is 0.0778 e. The molecule has 2 unspecified atom stereocenters. The molecule has 0 saturated heterocycles. The normalized spacial score (nSPS) is 23.5. The molecular weight excluding hydrogens is 248 g/mol. The van der Waals surface area contributed by atoms with E-state index in [-0.39, 0.29) is 12.1 Å². The molecule has 1 N–H and O–H groups in total. The predicted octanol–water partition coefficient (Wildman–Crippen LogP) is 3.72. The Hall–Kier alpha value is -1.61. The number of aliphatic hydroxyl groups excluding tert-OH is 1. The third-order valence-electron chi connectivity index (χ3n) is 4.27. The lowest BCUT2D eigenvalue weighted by atomic mass is 10.1. The average Bonchev–Trinajstić information content (AvgIpc) is 2.83. The van der Waals surface area contributed by atoms with Crippen molar-refractivity contribution in [3.05, 3.63) is 42.2 Å². The molecular formula is C17H22N2O. The minimum Gasteiger partial charge on any atom is -0.391 e. The van der Waals surface area contributed by atoms with Gasteiger partial charge in [0.25, 0.3) is 0 Å². The second-order valence-corrected chi connectivity index (χ2v) is 5.85. The number of hydrogen-bond donors (Lipinski definition) is 1. The Balaban J connectivity index is 1.83. The lowest BCUT2D eigenvalue weighted by Crippen LogP contribution is -2.23. The van der Waals surface area contributed by atoms with Crippen LogP contribution in [0.1, 0.15) is 43.7 Å². The third kappa shape index (κ3) is 2.78. The molecule has 1 aromatic carbocycles. The molecule has 0 bridgehead atoms. The fourth-order valence-corrected chi connectivity index (χ4v) is 2.99. The molecule has 3 nitrogen and oxygen atoms in total. The van der Waals surface area contributed by atoms with Crippen molar-refractivity contribution in [3.8, 4) is 11.1 Å². The van der Waals surface area contributed by atoms with Gasteiger partial charge in [-0.1, -0.05) is 49.1 Å². The highest BCUT2D eigenvalue weighted by molar-refractivity contribution is 5.61. The van der Waals surface area contributed by atoms with Crippen LogP contribution in [0.2, 0.25) is 0 Å². The Morgan fingerprint density at radius 2 is 1.80 bits per heavy atom. The number of aromatic nitrogens is 2. The number of aryl methyl sites for hydroxylation is 1. The van der Waals surface area contributed by atoms with E-state index in [1.165, 1.54) is 24.0 Å². The molecule has 3 rings (SSSR count). The first-order valence-electron chi connectivity index (χ1n) is 7.53. The van der Waals surface area contributed by atoms with Crippen molar-refractivity contribution >= 4 is 0 Å². The van der Waals surface area contributed by atoms with Gasteiger partial charge in [-0.2, -0.15) is 5.10 Å². The second-order valence-electron chi connectivity index (χ2n) is 5.85. The maximum atomic E-state index is 10.3. The van der Waals surface area contributed by atoms with Crippen molar-refractivity contribution in [3.63, 3.8) is 0 Å². The van der Waals surface area contributed by atoms with Gasteiger partial charge in [0, 0.05) is 11.8 Å². The van der Waals surface area contributed by atoms with Crippen LogP contribution in [0.25, 0.3) is 11.1 Å². The number of hydrogen-bond acceptors (Lipinski definition) is 2. The van der Waals surface area contributed by atoms with Crippen molar-refractivity contribution in [1.82, 2.24) is 9.78 Å². The largest absolute Gasteiger partial charge is 0.391 e. The highest BCUT2D eigenvalue weighted by Gasteiger charge is 2.23. The monoisotopic (exact) mass is 270 g/mol. The van der Waals surface area contributed by atoms with Gasteiger partial charge in [-0.3, -0.25) is 4.68 Å². The minimum atomic E-state index is -0.261. The summed E-state index contributed by atoms with van der Waals surface area (Å²) in [6.07, 6.45) is 9.17. The van der Waals surface area contributed by atoms with Gasteiger partial charge in [0.05, 0.1) is 18.3 Å². The summed E-state index contributed by atoms with van der Waals surface area (Å²) in [4.78, 5) is 0. The van der Waals surface area contributed by atoms with E-state index < -0.39 is 0 Å². The fourth-order valence-electron chi connectivity index (χ4n) is 2.99. The summed E-state index contributed by atoms with van der Waals surface area (Å²) in [5.74, 6) is 0. The van der Waals surface area contributed by atoms with E-state index in [1.807, 2.05) is 10.9 Å². The molecule has 0 radical (unpaired) electrons. The first-order valence-corrected chi connectivity index (χ1v) is 7.53. The van der Waals surface area contributed by atoms with E-state index in [4.69, 9.17) is 0 Å². The Morgan fingerprint density at radius 3 is 2.60 bits per heavy atom. The molecule has 0 amide bonds. The first kappa shape index (κ1) is 13.4. The van der Waals surface area contributed by atoms with Gasteiger partial charge >= 0.3 is 0 Å². The lowest BCUT2D eigenvalue weighted by Gasteiger charge is -2.20. The highest BCUT2D eigenvalue weighted by Crippen LogP contribution is 2.29. The van der Waals surface area contributed by atoms with Crippen LogP contribution in [-0.4, -0.2) is 21.0 Å². The summed E-state index contributed by atoms with van der Waals surface area (Å²) in [6.45, 7) is 2.09. The molecule has 1 aliphatic carbocycles. The standard InChI is InChI=1S/C17H22N2O/c1-13-7-9-14(10-8-13)15-11-18-19(12-15)16-5-3-2-4-6-17(16)20/h7-12,16-17,20H,2-6H2,1H3. The average molecular weight is 270 g/mol. The fraction of sp³-hybridized carbons (Fsp3) is 0.471. The molecule has 2 atom stereocenters. The summed E-state index contributed by atoms with van der Waals surface area (Å²) in [6, 6.07) is 8.62. The molecule has 0 spiro atoms. The minimum absolute atomic E-state index is 0.136. The van der Waals surface area contributed by atoms with Crippen LogP contribution in [0.4, 0.5) is 0 Å². The van der Waals surface area contributed by atoms with Crippen LogP contribution in [0.5, 0.6) is 0 Å². The Labute approximate surface area is 120 Å². The second kappa shape index (κ2) is 5.80. The molecule has 1 heterocycles. The van der Waals surface area contributed by atoms with Gasteiger partial charge in [0.15, 0.2) is 0 Å². The SMILES string of the molecule is Cc1ccc(-c2cnn(C3CCCCCC3O)c2)cc1. The van der Waals surface area contributed by atoms with Gasteiger partial charge in [-0.05, 0) is 25.3 Å². The van der Waals surface area contributed by atoms with E-state index >= 15 is 0 Å². The first-order chi connectivity index (χ1) is 9.74. The van der Waals surface area contributed by atoms with E-state index in [2.05, 4.69) is 42.5 Å². The zero-order valence-corrected chi connectivity index (χ0v) is 12.0. The lowest BCUT2D eigenvalue weighted by molar-refractivity contribution is 0.0991. The molecule has 20 heavy (non-hydrogen) atoms. The van der Waals surface area contributed by atoms with Crippen molar-refractivity contribution in [1.29, 1.82) is 0 Å². The van der Waals surface area contributed by atoms with Crippen LogP contribution in [-0.2, 0) is 0 Å². The zero-order chi connectivity index (χ0) is 13.9. The van der Waals surface area contributed by atoms with Gasteiger partial charge < -0.3 is 5.11 Å². The number of nitrogens with zero attached hydrogens (tertiary/aromatic N) is 2. The number of benzene rings is 1. The summed E-state index contributed by atoms with van der Waals surface area (Å²) in [5, 5.41) is 14.7. The molecule has 1 aromatic heterocycles. The topological polar surface area (TPSA) is 38.0 Å². The van der Waals surface area contributed by atoms with Crippen molar-refractivity contribution in [2.24, 2.45) is 0 Å². The van der Waals surface area contributed by atoms with Crippen LogP contribution in [0.3, 0.4) is 0 Å². The summed E-state index contributed by atoms with van der Waals surface area (Å²) >= 11 is 0. The molecule has 2 aromatic rings. The molecule has 106 valence electrons. The van der Waals surface area contributed by atoms with Crippen molar-refractivity contribution in [2.75, 3.05) is 0 Å². The van der Waals surface area contributed by atoms with Crippen molar-refractivity contribution in [2.45, 2.75) is 51.2 Å². The van der Waals surface area contributed by atoms with E-state index in [0.29, 0.717) is 0 Å². The van der Waals surface area contributed by atoms with Gasteiger partial charge in [-0.25, -0.2) is 0 Å². The maximum Gasteiger partial charge on any atom is 0.0778 e. The summed E-state index contributed by atoms with van der Waals surface area (Å²) < 4.78 is 1.96. The van der Waals surface area contributed by atoms with E-state index in [0.717, 1.165) is 24.8 Å². The zero-order valence-electron chi connectivity index (χ0n) is 12.0. The number of aliphatic hydroxyl groups is 1. The van der Waals surface area contributed by atoms with E-state index in [1.54, 1.807) is 0 Å². The molecule has 1 saturated carbocycles.